The number of amides is 1. The van der Waals surface area contributed by atoms with E-state index in [-0.39, 0.29) is 17.8 Å². The highest BCUT2D eigenvalue weighted by molar-refractivity contribution is 7.09. The third-order valence-corrected chi connectivity index (χ3v) is 7.92. The molecule has 5 rings (SSSR count). The molecule has 1 saturated heterocycles. The van der Waals surface area contributed by atoms with Crippen LogP contribution < -0.4 is 14.5 Å². The van der Waals surface area contributed by atoms with Gasteiger partial charge in [-0.05, 0) is 43.3 Å². The minimum Gasteiger partial charge on any atom is -0.496 e. The van der Waals surface area contributed by atoms with Crippen LogP contribution in [-0.2, 0) is 0 Å². The molecular weight excluding hydrogens is 501 g/mol. The molecule has 0 bridgehead atoms. The molecule has 3 heterocycles. The first-order valence-electron chi connectivity index (χ1n) is 12.5. The van der Waals surface area contributed by atoms with Crippen molar-refractivity contribution < 1.29 is 13.9 Å². The number of aromatic nitrogens is 2. The third kappa shape index (κ3) is 5.06. The number of benzene rings is 2. The number of para-hydroxylation sites is 2. The summed E-state index contributed by atoms with van der Waals surface area (Å²) in [5.74, 6) is 0.970. The molecule has 2 aromatic carbocycles. The Bertz CT molecular complexity index is 1410. The number of anilines is 2. The van der Waals surface area contributed by atoms with E-state index in [4.69, 9.17) is 9.72 Å². The molecule has 7 nitrogen and oxygen atoms in total. The smallest absolute Gasteiger partial charge is 0.257 e. The Labute approximate surface area is 226 Å². The fourth-order valence-corrected chi connectivity index (χ4v) is 5.44. The maximum atomic E-state index is 14.4. The molecule has 0 unspecified atom stereocenters. The Morgan fingerprint density at radius 1 is 1.03 bits per heavy atom. The number of halogens is 1. The predicted molar refractivity (Wildman–Crippen MR) is 150 cm³/mol. The average Bonchev–Trinajstić information content (AvgIpc) is 3.51. The summed E-state index contributed by atoms with van der Waals surface area (Å²) in [6, 6.07) is 18.1. The van der Waals surface area contributed by atoms with Gasteiger partial charge < -0.3 is 19.4 Å². The Balaban J connectivity index is 1.48. The van der Waals surface area contributed by atoms with Gasteiger partial charge in [0.1, 0.15) is 22.4 Å². The standard InChI is InChI=1S/C29H30FN5O2S/c1-20(28-31-14-19-38-28)33(2)29(36)22-12-13-24(21-8-4-7-11-26(21)37-3)32-27(22)35-17-15-34(16-18-35)25-10-6-5-9-23(25)30/h4-14,19-20H,15-18H2,1-3H3/t20-/m0/s1. The van der Waals surface area contributed by atoms with Crippen molar-refractivity contribution in [3.63, 3.8) is 0 Å². The Kier molecular flexibility index (Phi) is 7.55. The molecule has 1 aliphatic heterocycles. The van der Waals surface area contributed by atoms with Gasteiger partial charge in [0.25, 0.3) is 5.91 Å². The zero-order valence-corrected chi connectivity index (χ0v) is 22.5. The summed E-state index contributed by atoms with van der Waals surface area (Å²) in [5.41, 5.74) is 2.69. The summed E-state index contributed by atoms with van der Waals surface area (Å²) in [7, 11) is 3.43. The lowest BCUT2D eigenvalue weighted by atomic mass is 10.1. The summed E-state index contributed by atoms with van der Waals surface area (Å²) in [6.07, 6.45) is 1.75. The second-order valence-corrected chi connectivity index (χ2v) is 10.1. The van der Waals surface area contributed by atoms with Crippen LogP contribution in [-0.4, -0.2) is 61.1 Å². The van der Waals surface area contributed by atoms with E-state index < -0.39 is 0 Å². The normalized spacial score (nSPS) is 14.3. The number of pyridine rings is 1. The molecule has 38 heavy (non-hydrogen) atoms. The van der Waals surface area contributed by atoms with Crippen LogP contribution in [0, 0.1) is 5.82 Å². The first kappa shape index (κ1) is 25.7. The summed E-state index contributed by atoms with van der Waals surface area (Å²) in [4.78, 5) is 29.1. The van der Waals surface area contributed by atoms with Gasteiger partial charge in [0.15, 0.2) is 0 Å². The minimum absolute atomic E-state index is 0.127. The highest BCUT2D eigenvalue weighted by atomic mass is 32.1. The average molecular weight is 532 g/mol. The number of nitrogens with zero attached hydrogens (tertiary/aromatic N) is 5. The highest BCUT2D eigenvalue weighted by Crippen LogP contribution is 2.33. The van der Waals surface area contributed by atoms with Crippen molar-refractivity contribution in [1.29, 1.82) is 0 Å². The summed E-state index contributed by atoms with van der Waals surface area (Å²) >= 11 is 1.53. The van der Waals surface area contributed by atoms with Gasteiger partial charge in [-0.3, -0.25) is 4.79 Å². The van der Waals surface area contributed by atoms with Crippen LogP contribution in [0.1, 0.15) is 28.3 Å². The van der Waals surface area contributed by atoms with E-state index in [1.807, 2.05) is 59.7 Å². The van der Waals surface area contributed by atoms with Crippen LogP contribution >= 0.6 is 11.3 Å². The van der Waals surface area contributed by atoms with E-state index in [2.05, 4.69) is 9.88 Å². The molecule has 2 aromatic heterocycles. The zero-order chi connectivity index (χ0) is 26.6. The fraction of sp³-hybridized carbons (Fsp3) is 0.276. The van der Waals surface area contributed by atoms with E-state index in [1.165, 1.54) is 17.4 Å². The maximum Gasteiger partial charge on any atom is 0.257 e. The van der Waals surface area contributed by atoms with Crippen molar-refractivity contribution >= 4 is 28.7 Å². The van der Waals surface area contributed by atoms with Crippen molar-refractivity contribution in [3.8, 4) is 17.0 Å². The number of piperazine rings is 1. The molecule has 0 radical (unpaired) electrons. The van der Waals surface area contributed by atoms with E-state index in [0.29, 0.717) is 49.0 Å². The number of thiazole rings is 1. The third-order valence-electron chi connectivity index (χ3n) is 6.97. The number of hydrogen-bond donors (Lipinski definition) is 0. The Morgan fingerprint density at radius 2 is 1.74 bits per heavy atom. The summed E-state index contributed by atoms with van der Waals surface area (Å²) in [6.45, 7) is 4.40. The number of methoxy groups -OCH3 is 1. The molecule has 1 aliphatic rings. The molecule has 0 N–H and O–H groups in total. The van der Waals surface area contributed by atoms with E-state index in [9.17, 15) is 9.18 Å². The van der Waals surface area contributed by atoms with Crippen molar-refractivity contribution in [3.05, 3.63) is 88.6 Å². The SMILES string of the molecule is COc1ccccc1-c1ccc(C(=O)N(C)[C@@H](C)c2nccs2)c(N2CCN(c3ccccc3F)CC2)n1. The maximum absolute atomic E-state index is 14.4. The molecule has 1 atom stereocenters. The lowest BCUT2D eigenvalue weighted by Crippen LogP contribution is -2.47. The first-order valence-corrected chi connectivity index (χ1v) is 13.4. The Hall–Kier alpha value is -3.98. The predicted octanol–water partition coefficient (Wildman–Crippen LogP) is 5.51. The molecule has 9 heteroatoms. The van der Waals surface area contributed by atoms with Gasteiger partial charge in [-0.2, -0.15) is 0 Å². The zero-order valence-electron chi connectivity index (χ0n) is 21.7. The van der Waals surface area contributed by atoms with Crippen molar-refractivity contribution in [2.75, 3.05) is 50.1 Å². The van der Waals surface area contributed by atoms with Crippen LogP contribution in [0.2, 0.25) is 0 Å². The van der Waals surface area contributed by atoms with Gasteiger partial charge in [-0.15, -0.1) is 11.3 Å². The van der Waals surface area contributed by atoms with Crippen LogP contribution in [0.3, 0.4) is 0 Å². The molecule has 4 aromatic rings. The van der Waals surface area contributed by atoms with E-state index in [0.717, 1.165) is 16.3 Å². The first-order chi connectivity index (χ1) is 18.5. The lowest BCUT2D eigenvalue weighted by molar-refractivity contribution is 0.0742. The molecule has 0 saturated carbocycles. The lowest BCUT2D eigenvalue weighted by Gasteiger charge is -2.38. The largest absolute Gasteiger partial charge is 0.496 e. The van der Waals surface area contributed by atoms with Crippen LogP contribution in [0.5, 0.6) is 5.75 Å². The molecule has 0 aliphatic carbocycles. The van der Waals surface area contributed by atoms with Crippen LogP contribution in [0.25, 0.3) is 11.3 Å². The van der Waals surface area contributed by atoms with E-state index in [1.54, 1.807) is 37.4 Å². The fourth-order valence-electron chi connectivity index (χ4n) is 4.70. The molecule has 1 amide bonds. The molecule has 1 fully saturated rings. The quantitative estimate of drug-likeness (QED) is 0.313. The van der Waals surface area contributed by atoms with Crippen LogP contribution in [0.4, 0.5) is 15.9 Å². The van der Waals surface area contributed by atoms with Gasteiger partial charge in [0, 0.05) is 50.4 Å². The van der Waals surface area contributed by atoms with Gasteiger partial charge in [0.2, 0.25) is 0 Å². The highest BCUT2D eigenvalue weighted by Gasteiger charge is 2.28. The summed E-state index contributed by atoms with van der Waals surface area (Å²) in [5, 5.41) is 2.79. The van der Waals surface area contributed by atoms with E-state index >= 15 is 0 Å². The number of carbonyl (C=O) groups excluding carboxylic acids is 1. The monoisotopic (exact) mass is 531 g/mol. The Morgan fingerprint density at radius 3 is 2.45 bits per heavy atom. The van der Waals surface area contributed by atoms with Gasteiger partial charge in [0.05, 0.1) is 30.1 Å². The van der Waals surface area contributed by atoms with Gasteiger partial charge >= 0.3 is 0 Å². The molecular formula is C29H30FN5O2S. The number of hydrogen-bond acceptors (Lipinski definition) is 7. The van der Waals surface area contributed by atoms with Gasteiger partial charge in [-0.25, -0.2) is 14.4 Å². The van der Waals surface area contributed by atoms with Crippen molar-refractivity contribution in [1.82, 2.24) is 14.9 Å². The topological polar surface area (TPSA) is 61.8 Å². The minimum atomic E-state index is -0.231. The van der Waals surface area contributed by atoms with Crippen molar-refractivity contribution in [2.45, 2.75) is 13.0 Å². The van der Waals surface area contributed by atoms with Gasteiger partial charge in [-0.1, -0.05) is 24.3 Å². The second-order valence-electron chi connectivity index (χ2n) is 9.16. The second kappa shape index (κ2) is 11.2. The summed E-state index contributed by atoms with van der Waals surface area (Å²) < 4.78 is 20.0. The number of rotatable bonds is 7. The van der Waals surface area contributed by atoms with Crippen LogP contribution in [0.15, 0.2) is 72.2 Å². The van der Waals surface area contributed by atoms with Crippen molar-refractivity contribution in [2.24, 2.45) is 0 Å². The molecule has 0 spiro atoms. The molecule has 196 valence electrons. The number of carbonyl (C=O) groups is 1. The number of ether oxygens (including phenoxy) is 1.